The molecule has 2 unspecified atom stereocenters. The minimum absolute atomic E-state index is 0.134. The molecule has 0 bridgehead atoms. The Morgan fingerprint density at radius 2 is 1.83 bits per heavy atom. The van der Waals surface area contributed by atoms with E-state index in [4.69, 9.17) is 13.8 Å². The van der Waals surface area contributed by atoms with Gasteiger partial charge in [0.25, 0.3) is 5.08 Å². The van der Waals surface area contributed by atoms with Crippen LogP contribution < -0.4 is 4.74 Å². The minimum Gasteiger partial charge on any atom is -0.437 e. The number of methoxy groups -OCH3 is 1. The summed E-state index contributed by atoms with van der Waals surface area (Å²) in [6, 6.07) is 8.43. The number of benzene rings is 1. The van der Waals surface area contributed by atoms with E-state index in [9.17, 15) is 28.8 Å². The van der Waals surface area contributed by atoms with Crippen LogP contribution in [0.2, 0.25) is 0 Å². The Kier molecular flexibility index (Phi) is 5.93. The van der Waals surface area contributed by atoms with Crippen LogP contribution in [-0.2, 0) is 29.3 Å². The molecule has 1 fully saturated rings. The van der Waals surface area contributed by atoms with E-state index in [1.807, 2.05) is 0 Å². The quantitative estimate of drug-likeness (QED) is 0.360. The van der Waals surface area contributed by atoms with Crippen LogP contribution in [0.3, 0.4) is 0 Å². The van der Waals surface area contributed by atoms with Crippen LogP contribution in [-0.4, -0.2) is 38.2 Å². The summed E-state index contributed by atoms with van der Waals surface area (Å²) in [5.74, 6) is -0.193. The molecule has 0 amide bonds. The topological polar surface area (TPSA) is 162 Å². The van der Waals surface area contributed by atoms with E-state index in [2.05, 4.69) is 9.72 Å². The molecule has 1 saturated heterocycles. The average Bonchev–Trinajstić information content (AvgIpc) is 2.67. The Hall–Kier alpha value is -2.10. The fourth-order valence-corrected chi connectivity index (χ4v) is 6.16. The molecule has 1 aliphatic heterocycles. The van der Waals surface area contributed by atoms with Crippen molar-refractivity contribution in [3.05, 3.63) is 59.9 Å². The zero-order valence-electron chi connectivity index (χ0n) is 14.9. The van der Waals surface area contributed by atoms with E-state index < -0.39 is 39.1 Å². The fraction of sp³-hybridized carbons (Fsp3) is 0.250. The maximum Gasteiger partial charge on any atom is 0.513 e. The predicted molar refractivity (Wildman–Crippen MR) is 96.9 cm³/mol. The van der Waals surface area contributed by atoms with Crippen molar-refractivity contribution in [3.63, 3.8) is 0 Å². The highest BCUT2D eigenvalue weighted by atomic mass is 31.2. The van der Waals surface area contributed by atoms with Crippen molar-refractivity contribution in [3.8, 4) is 5.75 Å². The highest BCUT2D eigenvalue weighted by Gasteiger charge is 2.67. The van der Waals surface area contributed by atoms with E-state index in [0.717, 1.165) is 7.11 Å². The number of aliphatic hydroxyl groups is 1. The molecule has 3 rings (SSSR count). The van der Waals surface area contributed by atoms with E-state index in [-0.39, 0.29) is 16.9 Å². The van der Waals surface area contributed by atoms with Gasteiger partial charge in [-0.1, -0.05) is 24.3 Å². The lowest BCUT2D eigenvalue weighted by Crippen LogP contribution is -2.38. The van der Waals surface area contributed by atoms with Gasteiger partial charge in [0, 0.05) is 18.8 Å². The first-order valence-electron chi connectivity index (χ1n) is 8.08. The number of hydrogen-bond acceptors (Lipinski definition) is 9. The zero-order valence-corrected chi connectivity index (χ0v) is 16.7. The summed E-state index contributed by atoms with van der Waals surface area (Å²) in [5.41, 5.74) is 0.0727. The first-order chi connectivity index (χ1) is 13.6. The van der Waals surface area contributed by atoms with Crippen molar-refractivity contribution in [1.82, 2.24) is 4.98 Å². The normalized spacial score (nSPS) is 31.8. The van der Waals surface area contributed by atoms with Crippen LogP contribution in [0.1, 0.15) is 17.4 Å². The van der Waals surface area contributed by atoms with Crippen LogP contribution in [0, 0.1) is 0 Å². The Labute approximate surface area is 164 Å². The number of rotatable bonds is 4. The first kappa shape index (κ1) is 21.6. The molecule has 156 valence electrons. The van der Waals surface area contributed by atoms with Crippen molar-refractivity contribution in [1.29, 1.82) is 0 Å². The Balaban J connectivity index is 1.97. The molecule has 1 aromatic carbocycles. The highest BCUT2D eigenvalue weighted by Crippen LogP contribution is 2.79. The molecule has 29 heavy (non-hydrogen) atoms. The summed E-state index contributed by atoms with van der Waals surface area (Å²) in [5, 5.41) is 7.56. The van der Waals surface area contributed by atoms with Crippen molar-refractivity contribution >= 4 is 21.3 Å². The summed E-state index contributed by atoms with van der Waals surface area (Å²) in [6.45, 7) is 0. The molecule has 0 saturated carbocycles. The summed E-state index contributed by atoms with van der Waals surface area (Å²) >= 11 is 0. The van der Waals surface area contributed by atoms with Gasteiger partial charge in [-0.2, -0.15) is 0 Å². The molecule has 11 nitrogen and oxygen atoms in total. The molecule has 0 radical (unpaired) electrons. The third-order valence-electron chi connectivity index (χ3n) is 4.08. The van der Waals surface area contributed by atoms with E-state index >= 15 is 0 Å². The molecule has 1 aliphatic rings. The molecule has 0 aliphatic carbocycles. The number of nitrogens with zero attached hydrogens (tertiary/aromatic N) is 1. The SMILES string of the molecule is COC(=O)Oc1ccccc1C1OP(=O)(O)C(O)(Cc2cccnc2)P(=O)(O)O1. The second kappa shape index (κ2) is 7.97. The number of hydrogen-bond donors (Lipinski definition) is 3. The van der Waals surface area contributed by atoms with Gasteiger partial charge < -0.3 is 24.4 Å². The third kappa shape index (κ3) is 4.12. The Morgan fingerprint density at radius 3 is 2.41 bits per heavy atom. The summed E-state index contributed by atoms with van der Waals surface area (Å²) < 4.78 is 44.9. The van der Waals surface area contributed by atoms with Gasteiger partial charge in [0.15, 0.2) is 0 Å². The van der Waals surface area contributed by atoms with Crippen molar-refractivity contribution in [2.75, 3.05) is 7.11 Å². The van der Waals surface area contributed by atoms with Crippen molar-refractivity contribution in [2.24, 2.45) is 0 Å². The standard InChI is InChI=1S/C16H17NO10P2/c1-24-15(18)25-13-7-3-2-6-12(13)14-26-28(20,21)16(19,29(22,23)27-14)9-11-5-4-8-17-10-11/h2-8,10,14,19H,9H2,1H3,(H,20,21)(H,22,23). The molecule has 0 spiro atoms. The number of pyridine rings is 1. The Morgan fingerprint density at radius 1 is 1.17 bits per heavy atom. The molecular formula is C16H17NO10P2. The van der Waals surface area contributed by atoms with Gasteiger partial charge in [-0.15, -0.1) is 0 Å². The zero-order chi connectivity index (χ0) is 21.3. The summed E-state index contributed by atoms with van der Waals surface area (Å²) in [4.78, 5) is 35.9. The lowest BCUT2D eigenvalue weighted by molar-refractivity contribution is -0.0588. The predicted octanol–water partition coefficient (Wildman–Crippen LogP) is 2.53. The number of aromatic nitrogens is 1. The van der Waals surface area contributed by atoms with Crippen LogP contribution in [0.15, 0.2) is 48.8 Å². The monoisotopic (exact) mass is 445 g/mol. The smallest absolute Gasteiger partial charge is 0.437 e. The van der Waals surface area contributed by atoms with Crippen LogP contribution >= 0.6 is 15.2 Å². The molecule has 3 N–H and O–H groups in total. The largest absolute Gasteiger partial charge is 0.513 e. The van der Waals surface area contributed by atoms with Gasteiger partial charge in [0.1, 0.15) is 5.75 Å². The number of para-hydroxylation sites is 1. The minimum atomic E-state index is -5.16. The van der Waals surface area contributed by atoms with Crippen LogP contribution in [0.25, 0.3) is 0 Å². The second-order valence-electron chi connectivity index (χ2n) is 5.99. The number of ether oxygens (including phenoxy) is 2. The lowest BCUT2D eigenvalue weighted by Gasteiger charge is -2.41. The van der Waals surface area contributed by atoms with Crippen molar-refractivity contribution in [2.45, 2.75) is 17.8 Å². The van der Waals surface area contributed by atoms with Gasteiger partial charge in [0.2, 0.25) is 6.29 Å². The summed E-state index contributed by atoms with van der Waals surface area (Å²) in [6.07, 6.45) is -1.02. The third-order valence-corrected chi connectivity index (χ3v) is 8.68. The van der Waals surface area contributed by atoms with Gasteiger partial charge in [-0.05, 0) is 17.7 Å². The molecular weight excluding hydrogens is 428 g/mol. The Bertz CT molecular complexity index is 972. The van der Waals surface area contributed by atoms with E-state index in [0.29, 0.717) is 0 Å². The van der Waals surface area contributed by atoms with Crippen LogP contribution in [0.5, 0.6) is 5.75 Å². The van der Waals surface area contributed by atoms with Gasteiger partial charge in [0.05, 0.1) is 12.7 Å². The van der Waals surface area contributed by atoms with Crippen LogP contribution in [0.4, 0.5) is 4.79 Å². The van der Waals surface area contributed by atoms with Gasteiger partial charge >= 0.3 is 21.3 Å². The average molecular weight is 445 g/mol. The molecule has 13 heteroatoms. The molecule has 2 heterocycles. The lowest BCUT2D eigenvalue weighted by atomic mass is 10.2. The maximum absolute atomic E-state index is 12.8. The van der Waals surface area contributed by atoms with E-state index in [1.54, 1.807) is 0 Å². The molecule has 2 aromatic rings. The van der Waals surface area contributed by atoms with E-state index in [1.165, 1.54) is 48.8 Å². The first-order valence-corrected chi connectivity index (χ1v) is 11.2. The molecule has 1 aromatic heterocycles. The number of carbonyl (C=O) groups is 1. The van der Waals surface area contributed by atoms with Gasteiger partial charge in [-0.3, -0.25) is 23.2 Å². The molecule has 2 atom stereocenters. The van der Waals surface area contributed by atoms with Gasteiger partial charge in [-0.25, -0.2) is 4.79 Å². The number of carbonyl (C=O) groups excluding carboxylic acids is 1. The second-order valence-corrected chi connectivity index (χ2v) is 10.3. The maximum atomic E-state index is 12.8. The highest BCUT2D eigenvalue weighted by molar-refractivity contribution is 7.73. The summed E-state index contributed by atoms with van der Waals surface area (Å²) in [7, 11) is -9.25. The van der Waals surface area contributed by atoms with Crippen molar-refractivity contribution < 1.29 is 47.3 Å². The fourth-order valence-electron chi connectivity index (χ4n) is 2.60.